The first-order valence-corrected chi connectivity index (χ1v) is 7.17. The summed E-state index contributed by atoms with van der Waals surface area (Å²) in [5, 5.41) is 0. The van der Waals surface area contributed by atoms with E-state index in [-0.39, 0.29) is 25.8 Å². The van der Waals surface area contributed by atoms with Crippen molar-refractivity contribution in [3.63, 3.8) is 0 Å². The van der Waals surface area contributed by atoms with Crippen LogP contribution in [-0.4, -0.2) is 30.5 Å². The van der Waals surface area contributed by atoms with E-state index in [1.165, 1.54) is 4.90 Å². The zero-order chi connectivity index (χ0) is 16.4. The lowest BCUT2D eigenvalue weighted by Gasteiger charge is -2.33. The van der Waals surface area contributed by atoms with Crippen LogP contribution in [0.4, 0.5) is 13.2 Å². The van der Waals surface area contributed by atoms with Gasteiger partial charge in [0.2, 0.25) is 0 Å². The zero-order valence-electron chi connectivity index (χ0n) is 12.1. The number of ether oxygens (including phenoxy) is 1. The van der Waals surface area contributed by atoms with E-state index in [1.807, 2.05) is 30.3 Å². The van der Waals surface area contributed by atoms with Crippen LogP contribution in [0, 0.1) is 17.5 Å². The Morgan fingerprint density at radius 3 is 2.52 bits per heavy atom. The van der Waals surface area contributed by atoms with Crippen LogP contribution < -0.4 is 0 Å². The maximum absolute atomic E-state index is 13.8. The lowest BCUT2D eigenvalue weighted by Crippen LogP contribution is -2.42. The summed E-state index contributed by atoms with van der Waals surface area (Å²) in [7, 11) is 0. The molecule has 1 heterocycles. The second-order valence-electron chi connectivity index (χ2n) is 5.24. The molecule has 1 fully saturated rings. The summed E-state index contributed by atoms with van der Waals surface area (Å²) >= 11 is 0. The van der Waals surface area contributed by atoms with Crippen molar-refractivity contribution in [2.45, 2.75) is 6.10 Å². The van der Waals surface area contributed by atoms with E-state index >= 15 is 0 Å². The molecule has 3 nitrogen and oxygen atoms in total. The number of nitrogens with zero attached hydrogens (tertiary/aromatic N) is 1. The average molecular weight is 321 g/mol. The highest BCUT2D eigenvalue weighted by molar-refractivity contribution is 5.94. The minimum absolute atomic E-state index is 0.223. The molecule has 2 aromatic rings. The van der Waals surface area contributed by atoms with Crippen LogP contribution in [0.15, 0.2) is 42.5 Å². The van der Waals surface area contributed by atoms with Gasteiger partial charge in [0, 0.05) is 6.54 Å². The van der Waals surface area contributed by atoms with Crippen LogP contribution in [0.3, 0.4) is 0 Å². The number of hydrogen-bond acceptors (Lipinski definition) is 2. The predicted molar refractivity (Wildman–Crippen MR) is 77.4 cm³/mol. The van der Waals surface area contributed by atoms with E-state index in [0.717, 1.165) is 17.7 Å². The van der Waals surface area contributed by atoms with Gasteiger partial charge in [-0.3, -0.25) is 4.79 Å². The summed E-state index contributed by atoms with van der Waals surface area (Å²) in [5.41, 5.74) is 0.424. The van der Waals surface area contributed by atoms with Gasteiger partial charge in [0.25, 0.3) is 5.91 Å². The third-order valence-corrected chi connectivity index (χ3v) is 3.79. The highest BCUT2D eigenvalue weighted by atomic mass is 19.2. The number of rotatable bonds is 2. The molecule has 6 heteroatoms. The van der Waals surface area contributed by atoms with Crippen molar-refractivity contribution in [3.8, 4) is 0 Å². The van der Waals surface area contributed by atoms with Gasteiger partial charge in [-0.1, -0.05) is 30.3 Å². The monoisotopic (exact) mass is 321 g/mol. The Morgan fingerprint density at radius 1 is 1.04 bits per heavy atom. The first-order chi connectivity index (χ1) is 11.1. The fourth-order valence-electron chi connectivity index (χ4n) is 2.56. The van der Waals surface area contributed by atoms with Crippen LogP contribution in [-0.2, 0) is 4.74 Å². The van der Waals surface area contributed by atoms with E-state index in [0.29, 0.717) is 0 Å². The highest BCUT2D eigenvalue weighted by Crippen LogP contribution is 2.24. The third-order valence-electron chi connectivity index (χ3n) is 3.79. The van der Waals surface area contributed by atoms with E-state index in [9.17, 15) is 18.0 Å². The van der Waals surface area contributed by atoms with Crippen LogP contribution in [0.1, 0.15) is 22.0 Å². The van der Waals surface area contributed by atoms with Crippen LogP contribution in [0.2, 0.25) is 0 Å². The molecule has 3 rings (SSSR count). The topological polar surface area (TPSA) is 29.5 Å². The molecule has 0 bridgehead atoms. The second-order valence-corrected chi connectivity index (χ2v) is 5.24. The molecule has 0 unspecified atom stereocenters. The third kappa shape index (κ3) is 3.07. The molecule has 1 aliphatic rings. The fourth-order valence-corrected chi connectivity index (χ4v) is 2.56. The Hall–Kier alpha value is -2.34. The lowest BCUT2D eigenvalue weighted by atomic mass is 10.1. The molecule has 2 aromatic carbocycles. The van der Waals surface area contributed by atoms with Crippen molar-refractivity contribution in [1.29, 1.82) is 0 Å². The number of benzene rings is 2. The fraction of sp³-hybridized carbons (Fsp3) is 0.235. The normalized spacial score (nSPS) is 18.0. The molecule has 0 spiro atoms. The quantitative estimate of drug-likeness (QED) is 0.794. The molecule has 1 saturated heterocycles. The Kier molecular flexibility index (Phi) is 4.34. The zero-order valence-corrected chi connectivity index (χ0v) is 12.1. The number of morpholine rings is 1. The molecule has 1 atom stereocenters. The van der Waals surface area contributed by atoms with E-state index in [2.05, 4.69) is 0 Å². The average Bonchev–Trinajstić information content (AvgIpc) is 2.60. The van der Waals surface area contributed by atoms with Gasteiger partial charge in [-0.05, 0) is 17.7 Å². The summed E-state index contributed by atoms with van der Waals surface area (Å²) in [5.74, 6) is -5.09. The molecule has 1 amide bonds. The molecular weight excluding hydrogens is 307 g/mol. The number of amides is 1. The smallest absolute Gasteiger partial charge is 0.257 e. The summed E-state index contributed by atoms with van der Waals surface area (Å²) in [6, 6.07) is 11.0. The molecule has 0 radical (unpaired) electrons. The minimum Gasteiger partial charge on any atom is -0.370 e. The maximum atomic E-state index is 13.8. The summed E-state index contributed by atoms with van der Waals surface area (Å²) in [6.45, 7) is 0.776. The van der Waals surface area contributed by atoms with Gasteiger partial charge in [-0.25, -0.2) is 13.2 Å². The van der Waals surface area contributed by atoms with Gasteiger partial charge in [-0.2, -0.15) is 0 Å². The number of halogens is 3. The van der Waals surface area contributed by atoms with Crippen molar-refractivity contribution < 1.29 is 22.7 Å². The van der Waals surface area contributed by atoms with Crippen molar-refractivity contribution >= 4 is 5.91 Å². The van der Waals surface area contributed by atoms with Crippen molar-refractivity contribution in [1.82, 2.24) is 4.90 Å². The van der Waals surface area contributed by atoms with Gasteiger partial charge in [0.05, 0.1) is 18.7 Å². The second kappa shape index (κ2) is 6.42. The summed E-state index contributed by atoms with van der Waals surface area (Å²) in [4.78, 5) is 13.8. The molecule has 0 aliphatic carbocycles. The molecule has 23 heavy (non-hydrogen) atoms. The maximum Gasteiger partial charge on any atom is 0.257 e. The standard InChI is InChI=1S/C17H14F3NO2/c18-13-7-6-12(15(19)16(13)20)17(22)21-8-9-23-14(10-21)11-4-2-1-3-5-11/h1-7,14H,8-10H2/t14-/m1/s1. The largest absolute Gasteiger partial charge is 0.370 e. The molecule has 1 aliphatic heterocycles. The van der Waals surface area contributed by atoms with Gasteiger partial charge in [0.15, 0.2) is 17.5 Å². The highest BCUT2D eigenvalue weighted by Gasteiger charge is 2.28. The molecule has 0 N–H and O–H groups in total. The molecule has 0 saturated carbocycles. The van der Waals surface area contributed by atoms with Crippen molar-refractivity contribution in [2.24, 2.45) is 0 Å². The molecule has 0 aromatic heterocycles. The van der Waals surface area contributed by atoms with Gasteiger partial charge in [-0.15, -0.1) is 0 Å². The first-order valence-electron chi connectivity index (χ1n) is 7.17. The molecular formula is C17H14F3NO2. The van der Waals surface area contributed by atoms with Crippen molar-refractivity contribution in [2.75, 3.05) is 19.7 Å². The van der Waals surface area contributed by atoms with E-state index < -0.39 is 28.9 Å². The first kappa shape index (κ1) is 15.6. The summed E-state index contributed by atoms with van der Waals surface area (Å²) < 4.78 is 45.7. The minimum atomic E-state index is -1.64. The van der Waals surface area contributed by atoms with Crippen LogP contribution >= 0.6 is 0 Å². The van der Waals surface area contributed by atoms with Gasteiger partial charge < -0.3 is 9.64 Å². The Balaban J connectivity index is 1.81. The number of carbonyl (C=O) groups excluding carboxylic acids is 1. The Bertz CT molecular complexity index is 721. The van der Waals surface area contributed by atoms with E-state index in [4.69, 9.17) is 4.74 Å². The van der Waals surface area contributed by atoms with Crippen LogP contribution in [0.25, 0.3) is 0 Å². The lowest BCUT2D eigenvalue weighted by molar-refractivity contribution is -0.0230. The van der Waals surface area contributed by atoms with Gasteiger partial charge in [0.1, 0.15) is 6.10 Å². The molecule has 120 valence electrons. The van der Waals surface area contributed by atoms with Gasteiger partial charge >= 0.3 is 0 Å². The predicted octanol–water partition coefficient (Wildman–Crippen LogP) is 3.32. The van der Waals surface area contributed by atoms with Crippen LogP contribution in [0.5, 0.6) is 0 Å². The number of hydrogen-bond donors (Lipinski definition) is 0. The van der Waals surface area contributed by atoms with E-state index in [1.54, 1.807) is 0 Å². The SMILES string of the molecule is O=C(c1ccc(F)c(F)c1F)N1CCO[C@@H](c2ccccc2)C1. The van der Waals surface area contributed by atoms with Crippen molar-refractivity contribution in [3.05, 3.63) is 71.0 Å². The number of carbonyl (C=O) groups is 1. The Labute approximate surface area is 131 Å². The summed E-state index contributed by atoms with van der Waals surface area (Å²) in [6.07, 6.45) is -0.331. The Morgan fingerprint density at radius 2 is 1.78 bits per heavy atom.